The van der Waals surface area contributed by atoms with Crippen molar-refractivity contribution in [1.82, 2.24) is 4.98 Å². The molecule has 19 heavy (non-hydrogen) atoms. The van der Waals surface area contributed by atoms with Crippen molar-refractivity contribution >= 4 is 16.6 Å². The molecule has 3 aromatic rings. The Kier molecular flexibility index (Phi) is 3.23. The van der Waals surface area contributed by atoms with Crippen molar-refractivity contribution in [2.75, 3.05) is 11.9 Å². The van der Waals surface area contributed by atoms with Gasteiger partial charge in [0.05, 0.1) is 0 Å². The summed E-state index contributed by atoms with van der Waals surface area (Å²) in [5, 5.41) is 4.65. The lowest BCUT2D eigenvalue weighted by Crippen LogP contribution is -1.98. The Balaban J connectivity index is 1.88. The van der Waals surface area contributed by atoms with Crippen LogP contribution < -0.4 is 5.32 Å². The number of anilines is 1. The summed E-state index contributed by atoms with van der Waals surface area (Å²) in [5.41, 5.74) is 4.89. The zero-order chi connectivity index (χ0) is 13.1. The van der Waals surface area contributed by atoms with Crippen molar-refractivity contribution in [2.45, 2.75) is 13.3 Å². The van der Waals surface area contributed by atoms with Gasteiger partial charge in [-0.25, -0.2) is 0 Å². The molecular weight excluding hydrogens is 232 g/mol. The van der Waals surface area contributed by atoms with Crippen LogP contribution in [0.4, 0.5) is 5.69 Å². The first-order valence-electron chi connectivity index (χ1n) is 6.78. The predicted octanol–water partition coefficient (Wildman–Crippen LogP) is 4.66. The van der Waals surface area contributed by atoms with E-state index in [9.17, 15) is 0 Å². The van der Waals surface area contributed by atoms with Crippen molar-refractivity contribution in [1.29, 1.82) is 0 Å². The fraction of sp³-hybridized carbons (Fsp3) is 0.176. The Morgan fingerprint density at radius 3 is 2.53 bits per heavy atom. The Labute approximate surface area is 113 Å². The van der Waals surface area contributed by atoms with Crippen LogP contribution in [0.1, 0.15) is 13.3 Å². The molecule has 0 atom stereocenters. The summed E-state index contributed by atoms with van der Waals surface area (Å²) >= 11 is 0. The van der Waals surface area contributed by atoms with Crippen LogP contribution in [0.25, 0.3) is 22.0 Å². The van der Waals surface area contributed by atoms with Crippen LogP contribution in [0, 0.1) is 0 Å². The van der Waals surface area contributed by atoms with Crippen LogP contribution in [0.3, 0.4) is 0 Å². The van der Waals surface area contributed by atoms with Gasteiger partial charge in [0.1, 0.15) is 0 Å². The molecule has 0 spiro atoms. The van der Waals surface area contributed by atoms with E-state index in [0.717, 1.165) is 13.0 Å². The molecule has 2 N–H and O–H groups in total. The zero-order valence-corrected chi connectivity index (χ0v) is 11.1. The third kappa shape index (κ3) is 2.48. The van der Waals surface area contributed by atoms with E-state index < -0.39 is 0 Å². The number of nitrogens with one attached hydrogen (secondary N) is 2. The van der Waals surface area contributed by atoms with Crippen LogP contribution in [0.15, 0.2) is 54.7 Å². The molecule has 0 unspecified atom stereocenters. The highest BCUT2D eigenvalue weighted by molar-refractivity contribution is 5.85. The molecule has 3 rings (SSSR count). The minimum atomic E-state index is 1.02. The first-order valence-corrected chi connectivity index (χ1v) is 6.78. The first kappa shape index (κ1) is 11.8. The Morgan fingerprint density at radius 1 is 0.947 bits per heavy atom. The maximum Gasteiger partial charge on any atom is 0.0454 e. The van der Waals surface area contributed by atoms with E-state index in [1.807, 2.05) is 6.20 Å². The van der Waals surface area contributed by atoms with E-state index in [4.69, 9.17) is 0 Å². The summed E-state index contributed by atoms with van der Waals surface area (Å²) in [5.74, 6) is 0. The molecule has 1 aromatic heterocycles. The Bertz CT molecular complexity index is 665. The van der Waals surface area contributed by atoms with Gasteiger partial charge in [-0.2, -0.15) is 0 Å². The molecule has 2 aromatic carbocycles. The molecule has 0 radical (unpaired) electrons. The number of aromatic amines is 1. The second-order valence-corrected chi connectivity index (χ2v) is 4.78. The zero-order valence-electron chi connectivity index (χ0n) is 11.1. The minimum Gasteiger partial charge on any atom is -0.385 e. The van der Waals surface area contributed by atoms with Crippen molar-refractivity contribution in [2.24, 2.45) is 0 Å². The number of fused-ring (bicyclic) bond motifs is 1. The fourth-order valence-electron chi connectivity index (χ4n) is 2.28. The number of benzene rings is 2. The highest BCUT2D eigenvalue weighted by Gasteiger charge is 2.00. The highest BCUT2D eigenvalue weighted by Crippen LogP contribution is 2.25. The molecule has 1 heterocycles. The van der Waals surface area contributed by atoms with Crippen molar-refractivity contribution in [3.8, 4) is 11.1 Å². The van der Waals surface area contributed by atoms with Gasteiger partial charge in [-0.05, 0) is 53.3 Å². The number of aromatic nitrogens is 1. The number of H-pyrrole nitrogens is 1. The van der Waals surface area contributed by atoms with Crippen LogP contribution in [-0.4, -0.2) is 11.5 Å². The fourth-order valence-corrected chi connectivity index (χ4v) is 2.28. The maximum absolute atomic E-state index is 3.39. The van der Waals surface area contributed by atoms with Gasteiger partial charge >= 0.3 is 0 Å². The number of hydrogen-bond donors (Lipinski definition) is 2. The van der Waals surface area contributed by atoms with Crippen LogP contribution in [0.5, 0.6) is 0 Å². The first-order chi connectivity index (χ1) is 9.36. The van der Waals surface area contributed by atoms with E-state index in [2.05, 4.69) is 65.8 Å². The van der Waals surface area contributed by atoms with Gasteiger partial charge in [0, 0.05) is 23.9 Å². The summed E-state index contributed by atoms with van der Waals surface area (Å²) in [6.07, 6.45) is 3.12. The maximum atomic E-state index is 3.39. The Hall–Kier alpha value is -2.22. The van der Waals surface area contributed by atoms with Crippen LogP contribution >= 0.6 is 0 Å². The lowest BCUT2D eigenvalue weighted by atomic mass is 10.0. The summed E-state index contributed by atoms with van der Waals surface area (Å²) in [6, 6.07) is 17.3. The van der Waals surface area contributed by atoms with Gasteiger partial charge in [-0.1, -0.05) is 25.1 Å². The molecule has 2 nitrogen and oxygen atoms in total. The van der Waals surface area contributed by atoms with Crippen LogP contribution in [-0.2, 0) is 0 Å². The van der Waals surface area contributed by atoms with Crippen molar-refractivity contribution < 1.29 is 0 Å². The standard InChI is InChI=1S/C17H18N2/c1-2-10-18-16-6-3-13(4-7-16)14-5-8-17-15(12-14)9-11-19-17/h3-9,11-12,18-19H,2,10H2,1H3. The molecule has 2 heteroatoms. The second-order valence-electron chi connectivity index (χ2n) is 4.78. The summed E-state index contributed by atoms with van der Waals surface area (Å²) in [6.45, 7) is 3.20. The monoisotopic (exact) mass is 250 g/mol. The number of rotatable bonds is 4. The largest absolute Gasteiger partial charge is 0.385 e. The normalized spacial score (nSPS) is 10.8. The van der Waals surface area contributed by atoms with E-state index >= 15 is 0 Å². The highest BCUT2D eigenvalue weighted by atomic mass is 14.9. The van der Waals surface area contributed by atoms with E-state index in [1.165, 1.54) is 27.7 Å². The van der Waals surface area contributed by atoms with E-state index in [1.54, 1.807) is 0 Å². The molecule has 0 saturated carbocycles. The molecule has 0 fully saturated rings. The van der Waals surface area contributed by atoms with Gasteiger partial charge in [-0.15, -0.1) is 0 Å². The summed E-state index contributed by atoms with van der Waals surface area (Å²) in [7, 11) is 0. The average Bonchev–Trinajstić information content (AvgIpc) is 2.93. The number of hydrogen-bond acceptors (Lipinski definition) is 1. The van der Waals surface area contributed by atoms with Crippen molar-refractivity contribution in [3.63, 3.8) is 0 Å². The molecule has 0 aliphatic heterocycles. The third-order valence-corrected chi connectivity index (χ3v) is 3.35. The topological polar surface area (TPSA) is 27.8 Å². The van der Waals surface area contributed by atoms with Gasteiger partial charge in [0.2, 0.25) is 0 Å². The lowest BCUT2D eigenvalue weighted by molar-refractivity contribution is 0.980. The van der Waals surface area contributed by atoms with Gasteiger partial charge in [0.15, 0.2) is 0 Å². The van der Waals surface area contributed by atoms with Crippen LogP contribution in [0.2, 0.25) is 0 Å². The van der Waals surface area contributed by atoms with E-state index in [-0.39, 0.29) is 0 Å². The molecule has 0 aliphatic carbocycles. The second kappa shape index (κ2) is 5.19. The van der Waals surface area contributed by atoms with Gasteiger partial charge in [0.25, 0.3) is 0 Å². The molecule has 0 aliphatic rings. The van der Waals surface area contributed by atoms with Gasteiger partial charge < -0.3 is 10.3 Å². The third-order valence-electron chi connectivity index (χ3n) is 3.35. The van der Waals surface area contributed by atoms with E-state index in [0.29, 0.717) is 0 Å². The average molecular weight is 250 g/mol. The summed E-state index contributed by atoms with van der Waals surface area (Å²) < 4.78 is 0. The van der Waals surface area contributed by atoms with Crippen molar-refractivity contribution in [3.05, 3.63) is 54.7 Å². The molecule has 0 saturated heterocycles. The molecule has 96 valence electrons. The smallest absolute Gasteiger partial charge is 0.0454 e. The van der Waals surface area contributed by atoms with Gasteiger partial charge in [-0.3, -0.25) is 0 Å². The summed E-state index contributed by atoms with van der Waals surface area (Å²) in [4.78, 5) is 3.22. The molecule has 0 bridgehead atoms. The minimum absolute atomic E-state index is 1.02. The predicted molar refractivity (Wildman–Crippen MR) is 82.5 cm³/mol. The lowest BCUT2D eigenvalue weighted by Gasteiger charge is -2.06. The molecule has 0 amide bonds. The molecular formula is C17H18N2. The quantitative estimate of drug-likeness (QED) is 0.692. The SMILES string of the molecule is CCCNc1ccc(-c2ccc3[nH]ccc3c2)cc1. The Morgan fingerprint density at radius 2 is 1.74 bits per heavy atom.